The average molecular weight is 419 g/mol. The molecule has 0 unspecified atom stereocenters. The highest BCUT2D eigenvalue weighted by Gasteiger charge is 2.33. The van der Waals surface area contributed by atoms with Crippen LogP contribution in [0.15, 0.2) is 18.2 Å². The smallest absolute Gasteiger partial charge is 0.222 e. The van der Waals surface area contributed by atoms with Crippen LogP contribution in [-0.2, 0) is 11.3 Å². The first-order valence-electron chi connectivity index (χ1n) is 11.5. The summed E-state index contributed by atoms with van der Waals surface area (Å²) in [7, 11) is 1.96. The SMILES string of the molecule is CN(CC1CC(Oc2ccc(CN3CCCC3)c(Cl)c2)C1)C(=O)CC1CCCC1. The Morgan fingerprint density at radius 3 is 2.55 bits per heavy atom. The molecule has 4 nitrogen and oxygen atoms in total. The van der Waals surface area contributed by atoms with Crippen molar-refractivity contribution in [2.24, 2.45) is 11.8 Å². The van der Waals surface area contributed by atoms with Crippen LogP contribution in [0.5, 0.6) is 5.75 Å². The summed E-state index contributed by atoms with van der Waals surface area (Å²) in [5, 5.41) is 0.808. The van der Waals surface area contributed by atoms with Crippen LogP contribution in [0, 0.1) is 11.8 Å². The van der Waals surface area contributed by atoms with Crippen molar-refractivity contribution in [2.45, 2.75) is 70.4 Å². The van der Waals surface area contributed by atoms with Gasteiger partial charge in [-0.2, -0.15) is 0 Å². The standard InChI is InChI=1S/C24H35ClN2O2/c1-26(24(28)14-18-6-2-3-7-18)16-19-12-22(13-19)29-21-9-8-20(23(25)15-21)17-27-10-4-5-11-27/h8-9,15,18-19,22H,2-7,10-14,16-17H2,1H3. The van der Waals surface area contributed by atoms with E-state index in [1.807, 2.05) is 18.0 Å². The second kappa shape index (κ2) is 9.70. The van der Waals surface area contributed by atoms with Crippen LogP contribution in [0.4, 0.5) is 0 Å². The summed E-state index contributed by atoms with van der Waals surface area (Å²) >= 11 is 6.50. The molecule has 0 radical (unpaired) electrons. The first-order chi connectivity index (χ1) is 14.1. The molecular formula is C24H35ClN2O2. The van der Waals surface area contributed by atoms with Crippen molar-refractivity contribution in [1.82, 2.24) is 9.80 Å². The van der Waals surface area contributed by atoms with Gasteiger partial charge in [0.1, 0.15) is 5.75 Å². The van der Waals surface area contributed by atoms with Gasteiger partial charge in [-0.25, -0.2) is 0 Å². The van der Waals surface area contributed by atoms with E-state index in [0.29, 0.717) is 17.7 Å². The molecule has 2 saturated carbocycles. The van der Waals surface area contributed by atoms with E-state index in [1.165, 1.54) is 57.2 Å². The summed E-state index contributed by atoms with van der Waals surface area (Å²) in [4.78, 5) is 16.8. The number of carbonyl (C=O) groups excluding carboxylic acids is 1. The molecule has 1 heterocycles. The lowest BCUT2D eigenvalue weighted by atomic mass is 9.82. The zero-order chi connectivity index (χ0) is 20.2. The highest BCUT2D eigenvalue weighted by Crippen LogP contribution is 2.34. The monoisotopic (exact) mass is 418 g/mol. The van der Waals surface area contributed by atoms with E-state index in [2.05, 4.69) is 17.0 Å². The fourth-order valence-corrected chi connectivity index (χ4v) is 5.36. The molecule has 0 atom stereocenters. The van der Waals surface area contributed by atoms with Crippen LogP contribution >= 0.6 is 11.6 Å². The molecule has 0 aromatic heterocycles. The van der Waals surface area contributed by atoms with Gasteiger partial charge in [-0.1, -0.05) is 30.5 Å². The third-order valence-electron chi connectivity index (χ3n) is 7.01. The number of ether oxygens (including phenoxy) is 1. The Hall–Kier alpha value is -1.26. The number of halogens is 1. The fourth-order valence-electron chi connectivity index (χ4n) is 5.13. The second-order valence-corrected chi connectivity index (χ2v) is 9.85. The average Bonchev–Trinajstić information content (AvgIpc) is 3.36. The number of amides is 1. The number of carbonyl (C=O) groups is 1. The van der Waals surface area contributed by atoms with Gasteiger partial charge < -0.3 is 9.64 Å². The summed E-state index contributed by atoms with van der Waals surface area (Å²) in [6.45, 7) is 4.15. The van der Waals surface area contributed by atoms with Crippen LogP contribution in [-0.4, -0.2) is 48.5 Å². The number of benzene rings is 1. The molecule has 160 valence electrons. The number of nitrogens with zero attached hydrogens (tertiary/aromatic N) is 2. The van der Waals surface area contributed by atoms with Gasteiger partial charge in [0.15, 0.2) is 0 Å². The maximum Gasteiger partial charge on any atom is 0.222 e. The fraction of sp³-hybridized carbons (Fsp3) is 0.708. The van der Waals surface area contributed by atoms with Gasteiger partial charge in [-0.3, -0.25) is 9.69 Å². The molecule has 29 heavy (non-hydrogen) atoms. The number of likely N-dealkylation sites (tertiary alicyclic amines) is 1. The quantitative estimate of drug-likeness (QED) is 0.586. The predicted octanol–water partition coefficient (Wildman–Crippen LogP) is 5.13. The first kappa shape index (κ1) is 21.0. The van der Waals surface area contributed by atoms with Crippen LogP contribution in [0.2, 0.25) is 5.02 Å². The molecule has 1 aliphatic heterocycles. The van der Waals surface area contributed by atoms with Crippen molar-refractivity contribution in [3.63, 3.8) is 0 Å². The minimum absolute atomic E-state index is 0.249. The number of hydrogen-bond acceptors (Lipinski definition) is 3. The van der Waals surface area contributed by atoms with Crippen molar-refractivity contribution >= 4 is 17.5 Å². The highest BCUT2D eigenvalue weighted by molar-refractivity contribution is 6.31. The molecular weight excluding hydrogens is 384 g/mol. The maximum absolute atomic E-state index is 12.4. The summed E-state index contributed by atoms with van der Waals surface area (Å²) in [6.07, 6.45) is 10.7. The highest BCUT2D eigenvalue weighted by atomic mass is 35.5. The molecule has 0 N–H and O–H groups in total. The Morgan fingerprint density at radius 1 is 1.14 bits per heavy atom. The Morgan fingerprint density at radius 2 is 1.86 bits per heavy atom. The van der Waals surface area contributed by atoms with E-state index < -0.39 is 0 Å². The Bertz CT molecular complexity index is 692. The van der Waals surface area contributed by atoms with Crippen molar-refractivity contribution in [3.05, 3.63) is 28.8 Å². The molecule has 1 aromatic rings. The van der Waals surface area contributed by atoms with Crippen molar-refractivity contribution < 1.29 is 9.53 Å². The summed E-state index contributed by atoms with van der Waals surface area (Å²) in [5.74, 6) is 2.37. The van der Waals surface area contributed by atoms with E-state index in [9.17, 15) is 4.79 Å². The summed E-state index contributed by atoms with van der Waals surface area (Å²) in [6, 6.07) is 6.14. The molecule has 0 bridgehead atoms. The zero-order valence-electron chi connectivity index (χ0n) is 17.7. The normalized spacial score (nSPS) is 25.2. The molecule has 3 aliphatic rings. The minimum atomic E-state index is 0.249. The van der Waals surface area contributed by atoms with Gasteiger partial charge in [0, 0.05) is 31.6 Å². The minimum Gasteiger partial charge on any atom is -0.490 e. The van der Waals surface area contributed by atoms with Crippen LogP contribution < -0.4 is 4.74 Å². The van der Waals surface area contributed by atoms with E-state index in [4.69, 9.17) is 16.3 Å². The molecule has 2 aliphatic carbocycles. The lowest BCUT2D eigenvalue weighted by Gasteiger charge is -2.37. The van der Waals surface area contributed by atoms with E-state index in [0.717, 1.165) is 43.1 Å². The molecule has 0 spiro atoms. The van der Waals surface area contributed by atoms with Gasteiger partial charge >= 0.3 is 0 Å². The third-order valence-corrected chi connectivity index (χ3v) is 7.36. The maximum atomic E-state index is 12.4. The molecule has 3 fully saturated rings. The summed E-state index contributed by atoms with van der Waals surface area (Å²) in [5.41, 5.74) is 1.19. The molecule has 1 aromatic carbocycles. The van der Waals surface area contributed by atoms with Crippen molar-refractivity contribution in [2.75, 3.05) is 26.7 Å². The molecule has 1 amide bonds. The van der Waals surface area contributed by atoms with Crippen LogP contribution in [0.1, 0.15) is 63.4 Å². The lowest BCUT2D eigenvalue weighted by molar-refractivity contribution is -0.132. The molecule has 4 rings (SSSR count). The second-order valence-electron chi connectivity index (χ2n) is 9.44. The Balaban J connectivity index is 1.18. The van der Waals surface area contributed by atoms with E-state index in [1.54, 1.807) is 0 Å². The predicted molar refractivity (Wildman–Crippen MR) is 117 cm³/mol. The van der Waals surface area contributed by atoms with E-state index in [-0.39, 0.29) is 6.10 Å². The van der Waals surface area contributed by atoms with Gasteiger partial charge in [0.2, 0.25) is 5.91 Å². The topological polar surface area (TPSA) is 32.8 Å². The zero-order valence-corrected chi connectivity index (χ0v) is 18.5. The van der Waals surface area contributed by atoms with Crippen LogP contribution in [0.3, 0.4) is 0 Å². The van der Waals surface area contributed by atoms with Crippen molar-refractivity contribution in [3.8, 4) is 5.75 Å². The molecule has 1 saturated heterocycles. The first-order valence-corrected chi connectivity index (χ1v) is 11.9. The lowest BCUT2D eigenvalue weighted by Crippen LogP contribution is -2.42. The van der Waals surface area contributed by atoms with Crippen LogP contribution in [0.25, 0.3) is 0 Å². The Kier molecular flexibility index (Phi) is 7.02. The third kappa shape index (κ3) is 5.67. The van der Waals surface area contributed by atoms with Gasteiger partial charge in [0.25, 0.3) is 0 Å². The van der Waals surface area contributed by atoms with Gasteiger partial charge in [-0.15, -0.1) is 0 Å². The Labute approximate surface area is 180 Å². The number of hydrogen-bond donors (Lipinski definition) is 0. The molecule has 5 heteroatoms. The largest absolute Gasteiger partial charge is 0.490 e. The van der Waals surface area contributed by atoms with Gasteiger partial charge in [-0.05, 0) is 81.1 Å². The van der Waals surface area contributed by atoms with Gasteiger partial charge in [0.05, 0.1) is 6.10 Å². The number of rotatable bonds is 8. The van der Waals surface area contributed by atoms with Crippen molar-refractivity contribution in [1.29, 1.82) is 0 Å². The summed E-state index contributed by atoms with van der Waals surface area (Å²) < 4.78 is 6.13. The van der Waals surface area contributed by atoms with E-state index >= 15 is 0 Å².